The van der Waals surface area contributed by atoms with Gasteiger partial charge in [-0.25, -0.2) is 4.39 Å². The van der Waals surface area contributed by atoms with Crippen LogP contribution in [0.1, 0.15) is 43.5 Å². The molecule has 1 aromatic carbocycles. The largest absolute Gasteiger partial charge is 0.330 e. The predicted octanol–water partition coefficient (Wildman–Crippen LogP) is 3.86. The molecule has 0 spiro atoms. The van der Waals surface area contributed by atoms with E-state index in [1.807, 2.05) is 18.2 Å². The molecule has 0 heterocycles. The fraction of sp³-hybridized carbons (Fsp3) is 0.538. The van der Waals surface area contributed by atoms with Crippen LogP contribution in [0.25, 0.3) is 0 Å². The van der Waals surface area contributed by atoms with Gasteiger partial charge in [0.1, 0.15) is 6.17 Å². The molecule has 1 fully saturated rings. The summed E-state index contributed by atoms with van der Waals surface area (Å²) in [4.78, 5) is 0. The Bertz CT molecular complexity index is 380. The molecule has 1 aliphatic carbocycles. The van der Waals surface area contributed by atoms with Gasteiger partial charge in [-0.2, -0.15) is 0 Å². The normalized spacial score (nSPS) is 20.2. The molecule has 0 radical (unpaired) electrons. The number of halogens is 2. The summed E-state index contributed by atoms with van der Waals surface area (Å²) in [6, 6.07) is 5.94. The molecule has 1 aliphatic rings. The van der Waals surface area contributed by atoms with Crippen molar-refractivity contribution in [3.8, 4) is 0 Å². The van der Waals surface area contributed by atoms with Crippen molar-refractivity contribution in [2.45, 2.75) is 37.8 Å². The zero-order chi connectivity index (χ0) is 11.8. The predicted molar refractivity (Wildman–Crippen MR) is 68.2 cm³/mol. The van der Waals surface area contributed by atoms with Crippen LogP contribution in [-0.4, -0.2) is 6.54 Å². The molecule has 0 aliphatic heterocycles. The smallest absolute Gasteiger partial charge is 0.123 e. The number of alkyl halides is 1. The summed E-state index contributed by atoms with van der Waals surface area (Å²) in [5, 5.41) is 0. The van der Waals surface area contributed by atoms with Crippen molar-refractivity contribution in [1.82, 2.24) is 0 Å². The molecule has 1 atom stereocenters. The highest BCUT2D eigenvalue weighted by Crippen LogP contribution is 2.44. The maximum absolute atomic E-state index is 13.2. The Kier molecular flexibility index (Phi) is 3.36. The van der Waals surface area contributed by atoms with Crippen LogP contribution in [-0.2, 0) is 5.41 Å². The van der Waals surface area contributed by atoms with Crippen LogP contribution in [0.15, 0.2) is 22.7 Å². The van der Waals surface area contributed by atoms with E-state index in [0.29, 0.717) is 6.54 Å². The van der Waals surface area contributed by atoms with E-state index >= 15 is 0 Å². The number of hydrogen-bond acceptors (Lipinski definition) is 1. The van der Waals surface area contributed by atoms with Gasteiger partial charge in [-0.3, -0.25) is 0 Å². The fourth-order valence-corrected chi connectivity index (χ4v) is 3.09. The second kappa shape index (κ2) is 4.46. The Labute approximate surface area is 104 Å². The van der Waals surface area contributed by atoms with E-state index in [1.54, 1.807) is 6.92 Å². The Morgan fingerprint density at radius 1 is 1.50 bits per heavy atom. The third-order valence-electron chi connectivity index (χ3n) is 3.74. The molecule has 1 unspecified atom stereocenters. The van der Waals surface area contributed by atoms with Crippen molar-refractivity contribution in [2.24, 2.45) is 5.73 Å². The van der Waals surface area contributed by atoms with E-state index in [1.165, 1.54) is 12.0 Å². The molecular formula is C13H17BrFN. The zero-order valence-electron chi connectivity index (χ0n) is 9.47. The van der Waals surface area contributed by atoms with Crippen LogP contribution in [0.4, 0.5) is 4.39 Å². The molecule has 1 saturated carbocycles. The summed E-state index contributed by atoms with van der Waals surface area (Å²) in [6.07, 6.45) is 2.62. The first-order valence-corrected chi connectivity index (χ1v) is 6.52. The highest BCUT2D eigenvalue weighted by atomic mass is 79.9. The lowest BCUT2D eigenvalue weighted by molar-refractivity contribution is 0.252. The minimum Gasteiger partial charge on any atom is -0.330 e. The third-order valence-corrected chi connectivity index (χ3v) is 4.43. The van der Waals surface area contributed by atoms with Crippen molar-refractivity contribution in [1.29, 1.82) is 0 Å². The van der Waals surface area contributed by atoms with Gasteiger partial charge in [0.25, 0.3) is 0 Å². The lowest BCUT2D eigenvalue weighted by Gasteiger charge is -2.41. The van der Waals surface area contributed by atoms with Gasteiger partial charge in [-0.1, -0.05) is 34.5 Å². The SMILES string of the molecule is CC(F)c1ccc(C2(CN)CCC2)cc1Br. The van der Waals surface area contributed by atoms with Crippen LogP contribution in [0.2, 0.25) is 0 Å². The molecule has 2 rings (SSSR count). The number of rotatable bonds is 3. The topological polar surface area (TPSA) is 26.0 Å². The van der Waals surface area contributed by atoms with Crippen LogP contribution in [0, 0.1) is 0 Å². The van der Waals surface area contributed by atoms with E-state index in [4.69, 9.17) is 5.73 Å². The first-order valence-electron chi connectivity index (χ1n) is 5.73. The molecule has 0 aromatic heterocycles. The van der Waals surface area contributed by atoms with Crippen LogP contribution >= 0.6 is 15.9 Å². The summed E-state index contributed by atoms with van der Waals surface area (Å²) in [5.74, 6) is 0. The van der Waals surface area contributed by atoms with Gasteiger partial charge in [-0.05, 0) is 37.0 Å². The van der Waals surface area contributed by atoms with Crippen molar-refractivity contribution in [3.63, 3.8) is 0 Å². The Morgan fingerprint density at radius 3 is 2.56 bits per heavy atom. The molecule has 0 amide bonds. The molecule has 1 aromatic rings. The van der Waals surface area contributed by atoms with Crippen LogP contribution in [0.3, 0.4) is 0 Å². The monoisotopic (exact) mass is 285 g/mol. The quantitative estimate of drug-likeness (QED) is 0.897. The number of benzene rings is 1. The number of hydrogen-bond donors (Lipinski definition) is 1. The lowest BCUT2D eigenvalue weighted by Crippen LogP contribution is -2.41. The van der Waals surface area contributed by atoms with E-state index in [-0.39, 0.29) is 5.41 Å². The molecule has 1 nitrogen and oxygen atoms in total. The summed E-state index contributed by atoms with van der Waals surface area (Å²) in [6.45, 7) is 2.24. The maximum Gasteiger partial charge on any atom is 0.123 e. The van der Waals surface area contributed by atoms with E-state index in [0.717, 1.165) is 22.9 Å². The molecule has 0 saturated heterocycles. The van der Waals surface area contributed by atoms with Gasteiger partial charge >= 0.3 is 0 Å². The van der Waals surface area contributed by atoms with E-state index in [9.17, 15) is 4.39 Å². The minimum absolute atomic E-state index is 0.153. The van der Waals surface area contributed by atoms with E-state index < -0.39 is 6.17 Å². The second-order valence-corrected chi connectivity index (χ2v) is 5.54. The van der Waals surface area contributed by atoms with Gasteiger partial charge in [0, 0.05) is 16.4 Å². The highest BCUT2D eigenvalue weighted by Gasteiger charge is 2.37. The Balaban J connectivity index is 2.34. The molecule has 88 valence electrons. The first-order chi connectivity index (χ1) is 7.59. The van der Waals surface area contributed by atoms with Crippen molar-refractivity contribution >= 4 is 15.9 Å². The Morgan fingerprint density at radius 2 is 2.19 bits per heavy atom. The molecular weight excluding hydrogens is 269 g/mol. The number of nitrogens with two attached hydrogens (primary N) is 1. The van der Waals surface area contributed by atoms with Crippen LogP contribution < -0.4 is 5.73 Å². The molecule has 16 heavy (non-hydrogen) atoms. The molecule has 3 heteroatoms. The average molecular weight is 286 g/mol. The maximum atomic E-state index is 13.2. The second-order valence-electron chi connectivity index (χ2n) is 4.69. The zero-order valence-corrected chi connectivity index (χ0v) is 11.1. The van der Waals surface area contributed by atoms with Crippen molar-refractivity contribution < 1.29 is 4.39 Å². The van der Waals surface area contributed by atoms with Gasteiger partial charge in [0.15, 0.2) is 0 Å². The minimum atomic E-state index is -0.932. The fourth-order valence-electron chi connectivity index (χ4n) is 2.39. The summed E-state index contributed by atoms with van der Waals surface area (Å²) in [5.41, 5.74) is 7.98. The molecule has 0 bridgehead atoms. The van der Waals surface area contributed by atoms with Crippen molar-refractivity contribution in [2.75, 3.05) is 6.54 Å². The first kappa shape index (κ1) is 12.1. The average Bonchev–Trinajstić information content (AvgIpc) is 2.16. The van der Waals surface area contributed by atoms with Gasteiger partial charge in [-0.15, -0.1) is 0 Å². The lowest BCUT2D eigenvalue weighted by atomic mass is 9.64. The molecule has 2 N–H and O–H groups in total. The van der Waals surface area contributed by atoms with Gasteiger partial charge in [0.05, 0.1) is 0 Å². The van der Waals surface area contributed by atoms with Gasteiger partial charge < -0.3 is 5.73 Å². The third kappa shape index (κ3) is 1.91. The summed E-state index contributed by atoms with van der Waals surface area (Å²) >= 11 is 3.44. The summed E-state index contributed by atoms with van der Waals surface area (Å²) < 4.78 is 14.1. The van der Waals surface area contributed by atoms with E-state index in [2.05, 4.69) is 15.9 Å². The summed E-state index contributed by atoms with van der Waals surface area (Å²) in [7, 11) is 0. The standard InChI is InChI=1S/C13H17BrFN/c1-9(15)11-4-3-10(7-12(11)14)13(8-16)5-2-6-13/h3-4,7,9H,2,5-6,8,16H2,1H3. The van der Waals surface area contributed by atoms with Crippen LogP contribution in [0.5, 0.6) is 0 Å². The van der Waals surface area contributed by atoms with Crippen molar-refractivity contribution in [3.05, 3.63) is 33.8 Å². The van der Waals surface area contributed by atoms with Gasteiger partial charge in [0.2, 0.25) is 0 Å². The highest BCUT2D eigenvalue weighted by molar-refractivity contribution is 9.10. The Hall–Kier alpha value is -0.410.